The number of piperazine rings is 1. The molecule has 0 spiro atoms. The zero-order chi connectivity index (χ0) is 26.6. The maximum absolute atomic E-state index is 13.3. The van der Waals surface area contributed by atoms with E-state index in [9.17, 15) is 9.18 Å². The van der Waals surface area contributed by atoms with Gasteiger partial charge in [-0.15, -0.1) is 11.3 Å². The van der Waals surface area contributed by atoms with Crippen LogP contribution >= 0.6 is 11.3 Å². The van der Waals surface area contributed by atoms with Crippen LogP contribution < -0.4 is 9.64 Å². The fraction of sp³-hybridized carbons (Fsp3) is 0.323. The van der Waals surface area contributed by atoms with Gasteiger partial charge in [-0.3, -0.25) is 9.69 Å². The van der Waals surface area contributed by atoms with Crippen molar-refractivity contribution in [3.8, 4) is 16.9 Å². The minimum atomic E-state index is -0.241. The summed E-state index contributed by atoms with van der Waals surface area (Å²) < 4.78 is 26.3. The Hall–Kier alpha value is -3.46. The number of ether oxygens (including phenoxy) is 2. The number of thiophene rings is 1. The van der Waals surface area contributed by atoms with E-state index in [0.717, 1.165) is 55.4 Å². The Morgan fingerprint density at radius 1 is 0.923 bits per heavy atom. The van der Waals surface area contributed by atoms with E-state index in [1.165, 1.54) is 27.8 Å². The summed E-state index contributed by atoms with van der Waals surface area (Å²) in [5.41, 5.74) is 4.44. The highest BCUT2D eigenvalue weighted by Gasteiger charge is 2.23. The fourth-order valence-electron chi connectivity index (χ4n) is 5.31. The van der Waals surface area contributed by atoms with Gasteiger partial charge in [-0.2, -0.15) is 0 Å². The van der Waals surface area contributed by atoms with Gasteiger partial charge < -0.3 is 19.3 Å². The van der Waals surface area contributed by atoms with Gasteiger partial charge in [-0.1, -0.05) is 24.3 Å². The molecule has 0 radical (unpaired) electrons. The number of carbonyl (C=O) groups excluding carboxylic acids is 1. The summed E-state index contributed by atoms with van der Waals surface area (Å²) in [6.45, 7) is 6.62. The molecule has 202 valence electrons. The number of morpholine rings is 1. The van der Waals surface area contributed by atoms with Crippen molar-refractivity contribution in [2.75, 3.05) is 64.0 Å². The van der Waals surface area contributed by atoms with Crippen LogP contribution in [0.25, 0.3) is 21.2 Å². The third-order valence-corrected chi connectivity index (χ3v) is 8.49. The molecule has 6 nitrogen and oxygen atoms in total. The second kappa shape index (κ2) is 11.7. The molecule has 3 aromatic carbocycles. The van der Waals surface area contributed by atoms with Gasteiger partial charge in [0.15, 0.2) is 6.61 Å². The van der Waals surface area contributed by atoms with Crippen LogP contribution in [0.2, 0.25) is 0 Å². The number of nitrogens with zero attached hydrogens (tertiary/aromatic N) is 3. The third-order valence-electron chi connectivity index (χ3n) is 7.53. The molecule has 0 bridgehead atoms. The Kier molecular flexibility index (Phi) is 7.76. The highest BCUT2D eigenvalue weighted by molar-refractivity contribution is 7.17. The molecule has 1 aromatic heterocycles. The van der Waals surface area contributed by atoms with Crippen LogP contribution in [0.15, 0.2) is 72.1 Å². The lowest BCUT2D eigenvalue weighted by atomic mass is 10.0. The fourth-order valence-corrected chi connectivity index (χ4v) is 6.28. The number of rotatable bonds is 7. The quantitative estimate of drug-likeness (QED) is 0.317. The van der Waals surface area contributed by atoms with E-state index in [1.54, 1.807) is 23.5 Å². The first-order chi connectivity index (χ1) is 19.1. The van der Waals surface area contributed by atoms with Crippen LogP contribution in [-0.2, 0) is 16.1 Å². The molecule has 3 heterocycles. The normalized spacial score (nSPS) is 16.5. The molecule has 39 heavy (non-hydrogen) atoms. The average Bonchev–Trinajstić information content (AvgIpc) is 3.42. The van der Waals surface area contributed by atoms with Gasteiger partial charge in [0.1, 0.15) is 11.6 Å². The second-order valence-electron chi connectivity index (χ2n) is 9.99. The lowest BCUT2D eigenvalue weighted by Crippen LogP contribution is -2.50. The van der Waals surface area contributed by atoms with Crippen molar-refractivity contribution in [2.24, 2.45) is 0 Å². The lowest BCUT2D eigenvalue weighted by Gasteiger charge is -2.36. The molecular weight excluding hydrogens is 513 g/mol. The van der Waals surface area contributed by atoms with Crippen molar-refractivity contribution in [2.45, 2.75) is 6.54 Å². The standard InChI is InChI=1S/C31H32FN3O3S/c32-25-6-8-26(9-7-25)34-11-13-35(14-12-34)31(36)21-38-29-10-5-23(19-24(29)20-33-15-17-37-18-16-33)28-22-39-30-4-2-1-3-27(28)30/h1-10,19,22H,11-18,20-21H2. The number of amides is 1. The summed E-state index contributed by atoms with van der Waals surface area (Å²) in [5.74, 6) is 0.497. The van der Waals surface area contributed by atoms with Gasteiger partial charge in [0.05, 0.1) is 13.2 Å². The number of carbonyl (C=O) groups is 1. The van der Waals surface area contributed by atoms with Crippen LogP contribution in [0, 0.1) is 5.82 Å². The maximum atomic E-state index is 13.3. The van der Waals surface area contributed by atoms with E-state index < -0.39 is 0 Å². The first-order valence-corrected chi connectivity index (χ1v) is 14.3. The van der Waals surface area contributed by atoms with Crippen molar-refractivity contribution < 1.29 is 18.7 Å². The highest BCUT2D eigenvalue weighted by atomic mass is 32.1. The number of hydrogen-bond acceptors (Lipinski definition) is 6. The van der Waals surface area contributed by atoms with E-state index in [4.69, 9.17) is 9.47 Å². The number of halogens is 1. The van der Waals surface area contributed by atoms with Crippen molar-refractivity contribution >= 4 is 33.0 Å². The SMILES string of the molecule is O=C(COc1ccc(-c2csc3ccccc23)cc1CN1CCOCC1)N1CCN(c2ccc(F)cc2)CC1. The van der Waals surface area contributed by atoms with Crippen LogP contribution in [0.3, 0.4) is 0 Å². The average molecular weight is 546 g/mol. The number of benzene rings is 3. The minimum absolute atomic E-state index is 0.00733. The lowest BCUT2D eigenvalue weighted by molar-refractivity contribution is -0.133. The first-order valence-electron chi connectivity index (χ1n) is 13.4. The van der Waals surface area contributed by atoms with Crippen molar-refractivity contribution in [3.05, 3.63) is 83.5 Å². The summed E-state index contributed by atoms with van der Waals surface area (Å²) in [4.78, 5) is 19.5. The van der Waals surface area contributed by atoms with Crippen molar-refractivity contribution in [1.82, 2.24) is 9.80 Å². The molecule has 2 fully saturated rings. The Bertz CT molecular complexity index is 1430. The molecule has 6 rings (SSSR count). The molecule has 2 aliphatic heterocycles. The Labute approximate surface area is 232 Å². The maximum Gasteiger partial charge on any atom is 0.260 e. The Morgan fingerprint density at radius 2 is 1.69 bits per heavy atom. The zero-order valence-corrected chi connectivity index (χ0v) is 22.7. The molecular formula is C31H32FN3O3S. The van der Waals surface area contributed by atoms with E-state index in [-0.39, 0.29) is 18.3 Å². The largest absolute Gasteiger partial charge is 0.483 e. The monoisotopic (exact) mass is 545 g/mol. The van der Waals surface area contributed by atoms with Gasteiger partial charge >= 0.3 is 0 Å². The zero-order valence-electron chi connectivity index (χ0n) is 21.9. The van der Waals surface area contributed by atoms with Gasteiger partial charge in [0.25, 0.3) is 5.91 Å². The molecule has 0 unspecified atom stereocenters. The molecule has 1 amide bonds. The minimum Gasteiger partial charge on any atom is -0.483 e. The van der Waals surface area contributed by atoms with Crippen molar-refractivity contribution in [1.29, 1.82) is 0 Å². The topological polar surface area (TPSA) is 45.2 Å². The summed E-state index contributed by atoms with van der Waals surface area (Å²) in [5, 5.41) is 3.47. The van der Waals surface area contributed by atoms with E-state index in [1.807, 2.05) is 11.0 Å². The molecule has 0 saturated carbocycles. The Balaban J connectivity index is 1.14. The van der Waals surface area contributed by atoms with E-state index in [0.29, 0.717) is 26.2 Å². The van der Waals surface area contributed by atoms with Gasteiger partial charge in [0.2, 0.25) is 0 Å². The van der Waals surface area contributed by atoms with Gasteiger partial charge in [-0.05, 0) is 53.4 Å². The molecule has 8 heteroatoms. The summed E-state index contributed by atoms with van der Waals surface area (Å²) in [7, 11) is 0. The molecule has 2 saturated heterocycles. The molecule has 2 aliphatic rings. The Morgan fingerprint density at radius 3 is 2.49 bits per heavy atom. The summed E-state index contributed by atoms with van der Waals surface area (Å²) >= 11 is 1.76. The van der Waals surface area contributed by atoms with Crippen LogP contribution in [-0.4, -0.2) is 74.8 Å². The summed E-state index contributed by atoms with van der Waals surface area (Å²) in [6.07, 6.45) is 0. The predicted octanol–water partition coefficient (Wildman–Crippen LogP) is 5.27. The smallest absolute Gasteiger partial charge is 0.260 e. The number of anilines is 1. The predicted molar refractivity (Wildman–Crippen MR) is 154 cm³/mol. The summed E-state index contributed by atoms with van der Waals surface area (Å²) in [6, 6.07) is 21.3. The molecule has 0 N–H and O–H groups in total. The van der Waals surface area contributed by atoms with Crippen LogP contribution in [0.1, 0.15) is 5.56 Å². The van der Waals surface area contributed by atoms with Crippen LogP contribution in [0.4, 0.5) is 10.1 Å². The molecule has 0 aliphatic carbocycles. The first kappa shape index (κ1) is 25.8. The number of hydrogen-bond donors (Lipinski definition) is 0. The van der Waals surface area contributed by atoms with E-state index >= 15 is 0 Å². The molecule has 0 atom stereocenters. The second-order valence-corrected chi connectivity index (χ2v) is 10.9. The molecule has 4 aromatic rings. The van der Waals surface area contributed by atoms with Crippen LogP contribution in [0.5, 0.6) is 5.75 Å². The third kappa shape index (κ3) is 5.93. The van der Waals surface area contributed by atoms with E-state index in [2.05, 4.69) is 51.6 Å². The number of fused-ring (bicyclic) bond motifs is 1. The highest BCUT2D eigenvalue weighted by Crippen LogP contribution is 2.36. The van der Waals surface area contributed by atoms with Gasteiger partial charge in [-0.25, -0.2) is 4.39 Å². The van der Waals surface area contributed by atoms with Crippen molar-refractivity contribution in [3.63, 3.8) is 0 Å². The van der Waals surface area contributed by atoms with Gasteiger partial charge in [0, 0.05) is 72.7 Å².